The molecule has 0 aliphatic carbocycles. The van der Waals surface area contributed by atoms with Crippen LogP contribution in [0.5, 0.6) is 5.75 Å². The van der Waals surface area contributed by atoms with E-state index in [9.17, 15) is 44.0 Å². The quantitative estimate of drug-likeness (QED) is 0.129. The van der Waals surface area contributed by atoms with Gasteiger partial charge in [-0.05, 0) is 35.7 Å². The molecule has 0 fully saturated rings. The maximum Gasteiger partial charge on any atom is 1.00 e. The van der Waals surface area contributed by atoms with Gasteiger partial charge in [0.05, 0.1) is 20.4 Å². The summed E-state index contributed by atoms with van der Waals surface area (Å²) in [5, 5.41) is 18.2. The van der Waals surface area contributed by atoms with Crippen LogP contribution in [0.4, 0.5) is 11.4 Å². The number of phenols is 1. The maximum atomic E-state index is 11.7. The summed E-state index contributed by atoms with van der Waals surface area (Å²) in [6, 6.07) is 11.5. The van der Waals surface area contributed by atoms with Crippen molar-refractivity contribution in [1.29, 1.82) is 0 Å². The van der Waals surface area contributed by atoms with Gasteiger partial charge in [-0.3, -0.25) is 0 Å². The molecular weight excluding hydrogens is 593 g/mol. The van der Waals surface area contributed by atoms with Gasteiger partial charge in [-0.1, -0.05) is 30.3 Å². The largest absolute Gasteiger partial charge is 1.00 e. The molecule has 0 atom stereocenters. The van der Waals surface area contributed by atoms with Crippen molar-refractivity contribution in [3.05, 3.63) is 60.7 Å². The van der Waals surface area contributed by atoms with Crippen molar-refractivity contribution >= 4 is 63.3 Å². The fraction of sp³-hybridized carbons (Fsp3) is 0. The Morgan fingerprint density at radius 1 is 0.605 bits per heavy atom. The van der Waals surface area contributed by atoms with E-state index in [2.05, 4.69) is 10.2 Å². The summed E-state index contributed by atoms with van der Waals surface area (Å²) in [7, 11) is -15.0. The zero-order valence-corrected chi connectivity index (χ0v) is 28.5. The molecule has 0 aliphatic heterocycles. The Morgan fingerprint density at radius 3 is 1.74 bits per heavy atom. The Morgan fingerprint density at radius 2 is 1.18 bits per heavy atom. The first-order chi connectivity index (χ1) is 16.2. The maximum absolute atomic E-state index is 11.7. The second-order valence-electron chi connectivity index (χ2n) is 7.15. The van der Waals surface area contributed by atoms with Gasteiger partial charge in [-0.2, -0.15) is 0 Å². The fourth-order valence-corrected chi connectivity index (χ4v) is 5.23. The third kappa shape index (κ3) is 7.43. The van der Waals surface area contributed by atoms with Crippen LogP contribution in [0.1, 0.15) is 0 Å². The Hall–Kier alpha value is -0.470. The average molecular weight is 604 g/mol. The van der Waals surface area contributed by atoms with E-state index in [4.69, 9.17) is 0 Å². The molecule has 0 saturated carbocycles. The van der Waals surface area contributed by atoms with E-state index >= 15 is 0 Å². The van der Waals surface area contributed by atoms with Gasteiger partial charge in [0.15, 0.2) is 5.75 Å². The molecule has 4 aromatic rings. The normalized spacial score (nSPS) is 12.1. The SMILES string of the molecule is O=S(=O)([O-])c1ccc2c(N=Nc3ccc(S(=O)(=O)[O-])c4ccccc34)c(O)c(S(=O)(=O)[O-])cc2c1.[Na+].[Na+].[Na+]. The van der Waals surface area contributed by atoms with Crippen LogP contribution >= 0.6 is 0 Å². The molecule has 182 valence electrons. The number of aromatic hydroxyl groups is 1. The van der Waals surface area contributed by atoms with Crippen molar-refractivity contribution in [2.45, 2.75) is 14.7 Å². The van der Waals surface area contributed by atoms with E-state index in [1.807, 2.05) is 0 Å². The van der Waals surface area contributed by atoms with Crippen molar-refractivity contribution in [3.8, 4) is 5.75 Å². The molecule has 38 heavy (non-hydrogen) atoms. The van der Waals surface area contributed by atoms with Crippen molar-refractivity contribution in [2.75, 3.05) is 0 Å². The molecule has 18 heteroatoms. The first-order valence-corrected chi connectivity index (χ1v) is 13.5. The fourth-order valence-electron chi connectivity index (χ4n) is 3.44. The van der Waals surface area contributed by atoms with E-state index in [1.165, 1.54) is 24.3 Å². The molecule has 0 radical (unpaired) electrons. The van der Waals surface area contributed by atoms with Crippen LogP contribution in [0, 0.1) is 0 Å². The van der Waals surface area contributed by atoms with Gasteiger partial charge >= 0.3 is 88.7 Å². The summed E-state index contributed by atoms with van der Waals surface area (Å²) in [6.07, 6.45) is 0. The zero-order valence-electron chi connectivity index (χ0n) is 20.0. The molecule has 0 heterocycles. The molecule has 0 spiro atoms. The second kappa shape index (κ2) is 13.0. The van der Waals surface area contributed by atoms with Gasteiger partial charge in [0.25, 0.3) is 0 Å². The predicted octanol–water partition coefficient (Wildman–Crippen LogP) is -6.16. The minimum atomic E-state index is -5.27. The number of phenolic OH excluding ortho intramolecular Hbond substituents is 1. The molecule has 0 aliphatic rings. The Kier molecular flexibility index (Phi) is 12.2. The van der Waals surface area contributed by atoms with Gasteiger partial charge < -0.3 is 18.8 Å². The van der Waals surface area contributed by atoms with Crippen molar-refractivity contribution < 1.29 is 133 Å². The Balaban J connectivity index is 0.00000241. The van der Waals surface area contributed by atoms with Crippen molar-refractivity contribution in [1.82, 2.24) is 0 Å². The van der Waals surface area contributed by atoms with Gasteiger partial charge in [0.2, 0.25) is 0 Å². The van der Waals surface area contributed by atoms with Crippen LogP contribution in [0.3, 0.4) is 0 Å². The number of fused-ring (bicyclic) bond motifs is 2. The number of hydrogen-bond donors (Lipinski definition) is 1. The Labute approximate surface area is 283 Å². The van der Waals surface area contributed by atoms with Crippen LogP contribution in [0.25, 0.3) is 21.5 Å². The van der Waals surface area contributed by atoms with Crippen LogP contribution in [0.2, 0.25) is 0 Å². The summed E-state index contributed by atoms with van der Waals surface area (Å²) in [5.74, 6) is -1.07. The second-order valence-corrected chi connectivity index (χ2v) is 11.2. The van der Waals surface area contributed by atoms with E-state index in [1.54, 1.807) is 0 Å². The summed E-state index contributed by atoms with van der Waals surface area (Å²) in [5.41, 5.74) is -0.508. The van der Waals surface area contributed by atoms with Gasteiger partial charge in [0, 0.05) is 16.2 Å². The van der Waals surface area contributed by atoms with Crippen LogP contribution in [-0.2, 0) is 30.4 Å². The van der Waals surface area contributed by atoms with E-state index in [0.717, 1.165) is 30.3 Å². The first-order valence-electron chi connectivity index (χ1n) is 9.29. The van der Waals surface area contributed by atoms with E-state index in [0.29, 0.717) is 6.07 Å². The minimum absolute atomic E-state index is 0. The summed E-state index contributed by atoms with van der Waals surface area (Å²) in [4.78, 5) is -2.35. The average Bonchev–Trinajstić information content (AvgIpc) is 2.75. The molecule has 0 saturated heterocycles. The molecule has 0 unspecified atom stereocenters. The molecule has 0 amide bonds. The van der Waals surface area contributed by atoms with Gasteiger partial charge in [-0.15, -0.1) is 10.2 Å². The molecule has 12 nitrogen and oxygen atoms in total. The third-order valence-corrected chi connectivity index (χ3v) is 7.54. The number of rotatable bonds is 5. The molecule has 0 bridgehead atoms. The van der Waals surface area contributed by atoms with Crippen molar-refractivity contribution in [3.63, 3.8) is 0 Å². The van der Waals surface area contributed by atoms with Crippen LogP contribution < -0.4 is 88.7 Å². The molecule has 0 aromatic heterocycles. The van der Waals surface area contributed by atoms with Gasteiger partial charge in [-0.25, -0.2) is 25.3 Å². The van der Waals surface area contributed by atoms with Gasteiger partial charge in [0.1, 0.15) is 36.0 Å². The number of nitrogens with zero attached hydrogens (tertiary/aromatic N) is 2. The summed E-state index contributed by atoms with van der Waals surface area (Å²) in [6.45, 7) is 0. The monoisotopic (exact) mass is 604 g/mol. The van der Waals surface area contributed by atoms with Crippen LogP contribution in [-0.4, -0.2) is 44.0 Å². The summed E-state index contributed by atoms with van der Waals surface area (Å²) < 4.78 is 104. The molecular formula is C20H11N2Na3O10S3. The smallest absolute Gasteiger partial charge is 0.744 e. The van der Waals surface area contributed by atoms with E-state index < -0.39 is 56.5 Å². The summed E-state index contributed by atoms with van der Waals surface area (Å²) >= 11 is 0. The zero-order chi connectivity index (χ0) is 25.8. The topological polar surface area (TPSA) is 217 Å². The predicted molar refractivity (Wildman–Crippen MR) is 118 cm³/mol. The minimum Gasteiger partial charge on any atom is -0.744 e. The molecule has 1 N–H and O–H groups in total. The van der Waals surface area contributed by atoms with E-state index in [-0.39, 0.29) is 116 Å². The number of hydrogen-bond acceptors (Lipinski definition) is 12. The number of benzene rings is 4. The Bertz CT molecular complexity index is 1900. The first kappa shape index (κ1) is 35.6. The standard InChI is InChI=1S/C20H14N2O10S3.3Na/c23-20-18(35(30,31)32)10-11-9-12(33(24,25)26)5-6-13(11)19(20)22-21-16-7-8-17(34(27,28)29)15-4-2-1-3-14(15)16;;;/h1-10,23H,(H,24,25,26)(H,27,28,29)(H,30,31,32);;;/q;3*+1/p-3. The third-order valence-electron chi connectivity index (χ3n) is 4.97. The number of azo groups is 1. The molecule has 4 aromatic carbocycles. The van der Waals surface area contributed by atoms with Crippen LogP contribution in [0.15, 0.2) is 85.6 Å². The van der Waals surface area contributed by atoms with Crippen molar-refractivity contribution in [2.24, 2.45) is 10.2 Å². The molecule has 4 rings (SSSR count).